The summed E-state index contributed by atoms with van der Waals surface area (Å²) in [5.74, 6) is -1.73. The van der Waals surface area contributed by atoms with Crippen LogP contribution in [0.15, 0.2) is 34.7 Å². The molecule has 1 saturated heterocycles. The average Bonchev–Trinajstić information content (AvgIpc) is 3.16. The summed E-state index contributed by atoms with van der Waals surface area (Å²) in [5, 5.41) is 9.93. The summed E-state index contributed by atoms with van der Waals surface area (Å²) in [7, 11) is 1.51. The number of rotatable bonds is 4. The fraction of sp³-hybridized carbons (Fsp3) is 0.353. The number of methoxy groups -OCH3 is 1. The van der Waals surface area contributed by atoms with Crippen LogP contribution in [0.25, 0.3) is 0 Å². The molecule has 1 aliphatic heterocycles. The first-order chi connectivity index (χ1) is 11.5. The van der Waals surface area contributed by atoms with Gasteiger partial charge in [0.05, 0.1) is 12.1 Å². The summed E-state index contributed by atoms with van der Waals surface area (Å²) >= 11 is 0. The summed E-state index contributed by atoms with van der Waals surface area (Å²) in [6.45, 7) is 0.339. The van der Waals surface area contributed by atoms with Crippen LogP contribution in [-0.2, 0) is 11.3 Å². The zero-order valence-corrected chi connectivity index (χ0v) is 13.0. The second kappa shape index (κ2) is 6.70. The molecule has 7 heteroatoms. The minimum Gasteiger partial charge on any atom is -0.453 e. The molecule has 24 heavy (non-hydrogen) atoms. The molecule has 0 spiro atoms. The van der Waals surface area contributed by atoms with Crippen LogP contribution in [0, 0.1) is 11.6 Å². The first-order valence-corrected chi connectivity index (χ1v) is 7.51. The fourth-order valence-electron chi connectivity index (χ4n) is 2.93. The third-order valence-electron chi connectivity index (χ3n) is 4.03. The molecule has 128 valence electrons. The number of furan rings is 1. The molecule has 0 saturated carbocycles. The van der Waals surface area contributed by atoms with Crippen LogP contribution in [0.3, 0.4) is 0 Å². The number of hydrogen-bond acceptors (Lipinski definition) is 4. The number of carbonyl (C=O) groups is 1. The van der Waals surface area contributed by atoms with Gasteiger partial charge in [-0.3, -0.25) is 4.79 Å². The van der Waals surface area contributed by atoms with Crippen LogP contribution in [0.4, 0.5) is 8.78 Å². The van der Waals surface area contributed by atoms with E-state index in [0.29, 0.717) is 11.3 Å². The zero-order valence-electron chi connectivity index (χ0n) is 13.0. The molecule has 0 radical (unpaired) electrons. The topological polar surface area (TPSA) is 62.9 Å². The summed E-state index contributed by atoms with van der Waals surface area (Å²) in [4.78, 5) is 14.1. The summed E-state index contributed by atoms with van der Waals surface area (Å²) < 4.78 is 37.0. The lowest BCUT2D eigenvalue weighted by Gasteiger charge is -2.24. The number of carbonyl (C=O) groups excluding carboxylic acids is 1. The molecule has 1 aromatic carbocycles. The van der Waals surface area contributed by atoms with E-state index in [9.17, 15) is 18.7 Å². The van der Waals surface area contributed by atoms with E-state index in [1.54, 1.807) is 6.07 Å². The summed E-state index contributed by atoms with van der Waals surface area (Å²) in [5.41, 5.74) is 0.433. The summed E-state index contributed by atoms with van der Waals surface area (Å²) in [6, 6.07) is 6.11. The average molecular weight is 337 g/mol. The molecular formula is C17H17F2NO4. The second-order valence-corrected chi connectivity index (χ2v) is 5.74. The van der Waals surface area contributed by atoms with E-state index in [2.05, 4.69) is 0 Å². The van der Waals surface area contributed by atoms with Crippen molar-refractivity contribution >= 4 is 5.91 Å². The molecule has 1 aliphatic rings. The second-order valence-electron chi connectivity index (χ2n) is 5.74. The number of ether oxygens (including phenoxy) is 1. The number of hydrogen-bond donors (Lipinski definition) is 1. The van der Waals surface area contributed by atoms with Gasteiger partial charge in [-0.1, -0.05) is 6.07 Å². The molecule has 2 heterocycles. The number of amides is 1. The van der Waals surface area contributed by atoms with Gasteiger partial charge in [0.25, 0.3) is 5.91 Å². The van der Waals surface area contributed by atoms with Crippen molar-refractivity contribution in [1.82, 2.24) is 4.90 Å². The minimum atomic E-state index is -0.985. The number of benzene rings is 1. The number of aliphatic hydroxyl groups excluding tert-OH is 1. The molecule has 2 atom stereocenters. The Morgan fingerprint density at radius 3 is 2.83 bits per heavy atom. The van der Waals surface area contributed by atoms with Gasteiger partial charge in [-0.25, -0.2) is 8.78 Å². The predicted molar refractivity (Wildman–Crippen MR) is 80.2 cm³/mol. The van der Waals surface area contributed by atoms with Gasteiger partial charge in [0.2, 0.25) is 0 Å². The maximum absolute atomic E-state index is 13.5. The Morgan fingerprint density at radius 2 is 2.12 bits per heavy atom. The van der Waals surface area contributed by atoms with Crippen molar-refractivity contribution in [3.8, 4) is 0 Å². The van der Waals surface area contributed by atoms with Crippen LogP contribution < -0.4 is 0 Å². The van der Waals surface area contributed by atoms with Crippen molar-refractivity contribution in [3.63, 3.8) is 0 Å². The van der Waals surface area contributed by atoms with Gasteiger partial charge in [-0.15, -0.1) is 0 Å². The van der Waals surface area contributed by atoms with Gasteiger partial charge in [-0.05, 0) is 36.2 Å². The highest BCUT2D eigenvalue weighted by Crippen LogP contribution is 2.34. The zero-order chi connectivity index (χ0) is 17.3. The molecule has 1 N–H and O–H groups in total. The van der Waals surface area contributed by atoms with Crippen molar-refractivity contribution in [2.45, 2.75) is 25.2 Å². The van der Waals surface area contributed by atoms with E-state index in [-0.39, 0.29) is 25.3 Å². The van der Waals surface area contributed by atoms with E-state index in [4.69, 9.17) is 9.15 Å². The molecule has 5 nitrogen and oxygen atoms in total. The lowest BCUT2D eigenvalue weighted by atomic mass is 10.0. The highest BCUT2D eigenvalue weighted by atomic mass is 19.2. The monoisotopic (exact) mass is 337 g/mol. The standard InChI is InChI=1S/C17H17F2NO4/c1-23-9-12-3-5-16(24-12)17(22)20-8-11(21)7-15(20)10-2-4-13(18)14(19)6-10/h2-6,11,15,21H,7-9H2,1H3/t11-,15-/m1/s1. The Bertz CT molecular complexity index is 746. The van der Waals surface area contributed by atoms with Crippen LogP contribution >= 0.6 is 0 Å². The van der Waals surface area contributed by atoms with Crippen molar-refractivity contribution in [2.75, 3.05) is 13.7 Å². The number of halogens is 2. The normalized spacial score (nSPS) is 20.6. The minimum absolute atomic E-state index is 0.100. The molecule has 1 amide bonds. The number of β-amino-alcohol motifs (C(OH)–C–C–N with tert-alkyl or cyclic N) is 1. The SMILES string of the molecule is COCc1ccc(C(=O)N2C[C@H](O)C[C@@H]2c2ccc(F)c(F)c2)o1. The van der Waals surface area contributed by atoms with Gasteiger partial charge in [-0.2, -0.15) is 0 Å². The van der Waals surface area contributed by atoms with Crippen LogP contribution in [0.2, 0.25) is 0 Å². The Balaban J connectivity index is 1.86. The van der Waals surface area contributed by atoms with Crippen molar-refractivity contribution < 1.29 is 27.8 Å². The van der Waals surface area contributed by atoms with E-state index in [0.717, 1.165) is 12.1 Å². The third kappa shape index (κ3) is 3.18. The lowest BCUT2D eigenvalue weighted by Crippen LogP contribution is -2.31. The highest BCUT2D eigenvalue weighted by molar-refractivity contribution is 5.92. The van der Waals surface area contributed by atoms with Crippen molar-refractivity contribution in [2.24, 2.45) is 0 Å². The van der Waals surface area contributed by atoms with E-state index in [1.807, 2.05) is 0 Å². The van der Waals surface area contributed by atoms with Gasteiger partial charge in [0.1, 0.15) is 12.4 Å². The lowest BCUT2D eigenvalue weighted by molar-refractivity contribution is 0.0676. The summed E-state index contributed by atoms with van der Waals surface area (Å²) in [6.07, 6.45) is -0.483. The van der Waals surface area contributed by atoms with Gasteiger partial charge in [0.15, 0.2) is 17.4 Å². The molecule has 0 aliphatic carbocycles. The van der Waals surface area contributed by atoms with E-state index >= 15 is 0 Å². The first-order valence-electron chi connectivity index (χ1n) is 7.51. The Kier molecular flexibility index (Phi) is 4.64. The molecule has 0 unspecified atom stereocenters. The molecular weight excluding hydrogens is 320 g/mol. The number of likely N-dealkylation sites (tertiary alicyclic amines) is 1. The van der Waals surface area contributed by atoms with Gasteiger partial charge in [0, 0.05) is 13.7 Å². The number of aliphatic hydroxyl groups is 1. The van der Waals surface area contributed by atoms with Gasteiger partial charge >= 0.3 is 0 Å². The molecule has 1 fully saturated rings. The molecule has 3 rings (SSSR count). The largest absolute Gasteiger partial charge is 0.453 e. The van der Waals surface area contributed by atoms with Crippen molar-refractivity contribution in [3.05, 3.63) is 59.1 Å². The van der Waals surface area contributed by atoms with E-state index < -0.39 is 29.7 Å². The molecule has 2 aromatic rings. The molecule has 1 aromatic heterocycles. The third-order valence-corrected chi connectivity index (χ3v) is 4.03. The smallest absolute Gasteiger partial charge is 0.290 e. The quantitative estimate of drug-likeness (QED) is 0.932. The highest BCUT2D eigenvalue weighted by Gasteiger charge is 2.37. The first kappa shape index (κ1) is 16.6. The predicted octanol–water partition coefficient (Wildman–Crippen LogP) is 2.65. The number of nitrogens with zero attached hydrogens (tertiary/aromatic N) is 1. The van der Waals surface area contributed by atoms with Crippen LogP contribution in [0.1, 0.15) is 34.3 Å². The van der Waals surface area contributed by atoms with Gasteiger partial charge < -0.3 is 19.2 Å². The Morgan fingerprint density at radius 1 is 1.33 bits per heavy atom. The molecule has 0 bridgehead atoms. The maximum Gasteiger partial charge on any atom is 0.290 e. The Labute approximate surface area is 137 Å². The fourth-order valence-corrected chi connectivity index (χ4v) is 2.93. The maximum atomic E-state index is 13.5. The van der Waals surface area contributed by atoms with Crippen molar-refractivity contribution in [1.29, 1.82) is 0 Å². The van der Waals surface area contributed by atoms with E-state index in [1.165, 1.54) is 24.1 Å². The van der Waals surface area contributed by atoms with Crippen LogP contribution in [0.5, 0.6) is 0 Å². The Hall–Kier alpha value is -2.25. The van der Waals surface area contributed by atoms with Crippen LogP contribution in [-0.4, -0.2) is 35.7 Å².